The van der Waals surface area contributed by atoms with Gasteiger partial charge in [-0.25, -0.2) is 9.97 Å². The molecule has 0 spiro atoms. The van der Waals surface area contributed by atoms with Crippen LogP contribution < -0.4 is 31.6 Å². The molecule has 2 fully saturated rings. The molecular weight excluding hydrogens is 689 g/mol. The third-order valence-corrected chi connectivity index (χ3v) is 10.2. The number of hydrogen-bond donors (Lipinski definition) is 4. The molecule has 2 aliphatic heterocycles. The van der Waals surface area contributed by atoms with Gasteiger partial charge in [0, 0.05) is 97.4 Å². The van der Waals surface area contributed by atoms with Gasteiger partial charge in [0.25, 0.3) is 5.56 Å². The number of methoxy groups -OCH3 is 1. The number of halogens is 2. The maximum atomic E-state index is 13.3. The van der Waals surface area contributed by atoms with Crippen LogP contribution in [-0.4, -0.2) is 59.0 Å². The molecule has 0 radical (unpaired) electrons. The third-order valence-electron chi connectivity index (χ3n) is 9.39. The van der Waals surface area contributed by atoms with Gasteiger partial charge < -0.3 is 26.0 Å². The average Bonchev–Trinajstić information content (AvgIpc) is 3.76. The summed E-state index contributed by atoms with van der Waals surface area (Å²) in [5.41, 5.74) is 6.23. The zero-order valence-electron chi connectivity index (χ0n) is 28.0. The minimum atomic E-state index is -0.156. The summed E-state index contributed by atoms with van der Waals surface area (Å²) in [7, 11) is 1.59. The highest BCUT2D eigenvalue weighted by molar-refractivity contribution is 6.39. The molecule has 13 heteroatoms. The molecule has 51 heavy (non-hydrogen) atoms. The number of hydrogen-bond acceptors (Lipinski definition) is 8. The molecule has 2 aromatic carbocycles. The largest absolute Gasteiger partial charge is 0.481 e. The zero-order valence-corrected chi connectivity index (χ0v) is 29.5. The first-order valence-corrected chi connectivity index (χ1v) is 17.6. The summed E-state index contributed by atoms with van der Waals surface area (Å²) < 4.78 is 7.17. The highest BCUT2D eigenvalue weighted by atomic mass is 35.5. The Hall–Kier alpha value is -4.81. The van der Waals surface area contributed by atoms with E-state index in [1.54, 1.807) is 19.5 Å². The molecule has 0 bridgehead atoms. The standard InChI is InChI=1S/C38H37Cl2N7O4/c1-51-37-24(18-42-21-26-9-11-33(48)45-26)8-10-31(46-37)30-7-3-6-29(36(30)40)28-5-2-4-27(35(28)39)23-12-13-47-32(15-23)43-20-25(38(47)50)19-41-16-22-14-34(49)44-17-22/h2-8,10,12-13,15,20,22,26,41-42H,9,11,14,16-19,21H2,1H3,(H,44,49)(H,45,48)/t22-,26+/m0/s1. The van der Waals surface area contributed by atoms with Crippen LogP contribution in [0.25, 0.3) is 39.2 Å². The number of aromatic nitrogens is 3. The number of nitrogens with one attached hydrogen (secondary N) is 4. The van der Waals surface area contributed by atoms with Gasteiger partial charge in [0.05, 0.1) is 22.8 Å². The Morgan fingerprint density at radius 3 is 2.33 bits per heavy atom. The van der Waals surface area contributed by atoms with Crippen LogP contribution >= 0.6 is 23.2 Å². The Kier molecular flexibility index (Phi) is 10.3. The Morgan fingerprint density at radius 1 is 0.882 bits per heavy atom. The summed E-state index contributed by atoms with van der Waals surface area (Å²) in [6, 6.07) is 19.2. The van der Waals surface area contributed by atoms with Gasteiger partial charge in [-0.2, -0.15) is 0 Å². The molecule has 2 saturated heterocycles. The van der Waals surface area contributed by atoms with Crippen LogP contribution in [0.5, 0.6) is 5.88 Å². The average molecular weight is 727 g/mol. The monoisotopic (exact) mass is 725 g/mol. The van der Waals surface area contributed by atoms with Crippen LogP contribution in [0.3, 0.4) is 0 Å². The van der Waals surface area contributed by atoms with Crippen molar-refractivity contribution in [2.75, 3.05) is 26.7 Å². The minimum Gasteiger partial charge on any atom is -0.481 e. The van der Waals surface area contributed by atoms with E-state index in [1.807, 2.05) is 60.7 Å². The summed E-state index contributed by atoms with van der Waals surface area (Å²) in [5.74, 6) is 0.859. The number of carbonyl (C=O) groups excluding carboxylic acids is 2. The first kappa shape index (κ1) is 34.6. The Balaban J connectivity index is 1.10. The number of rotatable bonds is 12. The molecule has 7 rings (SSSR count). The molecule has 4 N–H and O–H groups in total. The second kappa shape index (κ2) is 15.2. The van der Waals surface area contributed by atoms with Crippen LogP contribution in [-0.2, 0) is 22.7 Å². The number of amides is 2. The lowest BCUT2D eigenvalue weighted by molar-refractivity contribution is -0.120. The molecule has 0 aliphatic carbocycles. The fourth-order valence-corrected chi connectivity index (χ4v) is 7.33. The smallest absolute Gasteiger partial charge is 0.262 e. The summed E-state index contributed by atoms with van der Waals surface area (Å²) in [5, 5.41) is 13.5. The van der Waals surface area contributed by atoms with Crippen molar-refractivity contribution in [1.29, 1.82) is 0 Å². The van der Waals surface area contributed by atoms with Crippen LogP contribution in [0.15, 0.2) is 77.9 Å². The number of pyridine rings is 2. The molecule has 0 saturated carbocycles. The number of carbonyl (C=O) groups is 2. The highest BCUT2D eigenvalue weighted by Gasteiger charge is 2.22. The van der Waals surface area contributed by atoms with Gasteiger partial charge in [0.15, 0.2) is 0 Å². The van der Waals surface area contributed by atoms with Gasteiger partial charge in [0.2, 0.25) is 17.7 Å². The van der Waals surface area contributed by atoms with Gasteiger partial charge in [0.1, 0.15) is 5.65 Å². The lowest BCUT2D eigenvalue weighted by Crippen LogP contribution is -2.35. The Morgan fingerprint density at radius 2 is 1.61 bits per heavy atom. The molecule has 3 aromatic heterocycles. The zero-order chi connectivity index (χ0) is 35.5. The van der Waals surface area contributed by atoms with Gasteiger partial charge >= 0.3 is 0 Å². The molecule has 262 valence electrons. The summed E-state index contributed by atoms with van der Waals surface area (Å²) in [6.45, 7) is 2.86. The molecule has 5 heterocycles. The first-order chi connectivity index (χ1) is 24.8. The lowest BCUT2D eigenvalue weighted by atomic mass is 9.97. The highest BCUT2D eigenvalue weighted by Crippen LogP contribution is 2.42. The second-order valence-electron chi connectivity index (χ2n) is 12.9. The SMILES string of the molecule is COc1nc(-c2cccc(-c3cccc(-c4ccn5c(=O)c(CNC[C@H]6CNC(=O)C6)cnc5c4)c3Cl)c2Cl)ccc1CNC[C@H]1CCC(=O)N1. The summed E-state index contributed by atoms with van der Waals surface area (Å²) in [4.78, 5) is 45.6. The van der Waals surface area contributed by atoms with E-state index in [4.69, 9.17) is 32.9 Å². The predicted molar refractivity (Wildman–Crippen MR) is 198 cm³/mol. The lowest BCUT2D eigenvalue weighted by Gasteiger charge is -2.16. The van der Waals surface area contributed by atoms with E-state index in [2.05, 4.69) is 26.3 Å². The van der Waals surface area contributed by atoms with Crippen LogP contribution in [0, 0.1) is 5.92 Å². The van der Waals surface area contributed by atoms with E-state index in [1.165, 1.54) is 4.40 Å². The molecule has 2 atom stereocenters. The fourth-order valence-electron chi connectivity index (χ4n) is 6.66. The predicted octanol–water partition coefficient (Wildman–Crippen LogP) is 5.00. The first-order valence-electron chi connectivity index (χ1n) is 16.9. The molecule has 2 aliphatic rings. The Labute approximate surface area is 304 Å². The van der Waals surface area contributed by atoms with Crippen LogP contribution in [0.1, 0.15) is 30.4 Å². The van der Waals surface area contributed by atoms with E-state index >= 15 is 0 Å². The van der Waals surface area contributed by atoms with Crippen molar-refractivity contribution in [3.05, 3.63) is 105 Å². The normalized spacial score (nSPS) is 17.2. The molecule has 2 amide bonds. The van der Waals surface area contributed by atoms with Crippen molar-refractivity contribution in [2.45, 2.75) is 38.4 Å². The van der Waals surface area contributed by atoms with Gasteiger partial charge in [-0.05, 0) is 36.1 Å². The second-order valence-corrected chi connectivity index (χ2v) is 13.6. The number of ether oxygens (including phenoxy) is 1. The van der Waals surface area contributed by atoms with Crippen molar-refractivity contribution in [3.63, 3.8) is 0 Å². The van der Waals surface area contributed by atoms with Crippen LogP contribution in [0.2, 0.25) is 10.0 Å². The topological polar surface area (TPSA) is 139 Å². The van der Waals surface area contributed by atoms with Crippen molar-refractivity contribution in [1.82, 2.24) is 35.6 Å². The van der Waals surface area contributed by atoms with Crippen molar-refractivity contribution < 1.29 is 14.3 Å². The van der Waals surface area contributed by atoms with E-state index < -0.39 is 0 Å². The van der Waals surface area contributed by atoms with Crippen LogP contribution in [0.4, 0.5) is 0 Å². The van der Waals surface area contributed by atoms with Crippen molar-refractivity contribution in [2.24, 2.45) is 5.92 Å². The molecule has 11 nitrogen and oxygen atoms in total. The summed E-state index contributed by atoms with van der Waals surface area (Å²) >= 11 is 14.2. The number of fused-ring (bicyclic) bond motifs is 1. The van der Waals surface area contributed by atoms with Gasteiger partial charge in [-0.1, -0.05) is 65.7 Å². The molecule has 5 aromatic rings. The number of nitrogens with zero attached hydrogens (tertiary/aromatic N) is 3. The maximum Gasteiger partial charge on any atom is 0.262 e. The minimum absolute atomic E-state index is 0.0607. The maximum absolute atomic E-state index is 13.3. The quantitative estimate of drug-likeness (QED) is 0.141. The van der Waals surface area contributed by atoms with Crippen molar-refractivity contribution >= 4 is 40.7 Å². The van der Waals surface area contributed by atoms with Crippen molar-refractivity contribution in [3.8, 4) is 39.4 Å². The van der Waals surface area contributed by atoms with E-state index in [0.29, 0.717) is 78.4 Å². The Bertz CT molecular complexity index is 2190. The summed E-state index contributed by atoms with van der Waals surface area (Å²) in [6.07, 6.45) is 5.20. The molecule has 0 unspecified atom stereocenters. The number of benzene rings is 2. The van der Waals surface area contributed by atoms with E-state index in [9.17, 15) is 14.4 Å². The van der Waals surface area contributed by atoms with Gasteiger partial charge in [-0.3, -0.25) is 18.8 Å². The fraction of sp³-hybridized carbons (Fsp3) is 0.289. The van der Waals surface area contributed by atoms with E-state index in [-0.39, 0.29) is 29.3 Å². The van der Waals surface area contributed by atoms with Gasteiger partial charge in [-0.15, -0.1) is 0 Å². The third kappa shape index (κ3) is 7.48. The molecular formula is C38H37Cl2N7O4. The van der Waals surface area contributed by atoms with E-state index in [0.717, 1.165) is 39.8 Å².